The lowest BCUT2D eigenvalue weighted by Gasteiger charge is -2.29. The van der Waals surface area contributed by atoms with Crippen LogP contribution in [0.15, 0.2) is 30.3 Å². The van der Waals surface area contributed by atoms with Crippen LogP contribution in [0, 0.1) is 6.92 Å². The lowest BCUT2D eigenvalue weighted by Crippen LogP contribution is -2.22. The number of benzene rings is 2. The van der Waals surface area contributed by atoms with Crippen LogP contribution < -0.4 is 18.9 Å². The summed E-state index contributed by atoms with van der Waals surface area (Å²) in [4.78, 5) is 12.1. The summed E-state index contributed by atoms with van der Waals surface area (Å²) in [5.41, 5.74) is 2.99. The molecule has 5 nitrogen and oxygen atoms in total. The Balaban J connectivity index is 2.28. The minimum Gasteiger partial charge on any atom is -0.493 e. The standard InChI is InChI=1S/C19H20O5/c1-11-7-5-6-8-12(11)13-9-16(20)24-14-10-15(21-2)18(22-3)19(23-4)17(13)14/h5-8,10,13H,9H2,1-4H3/t13-/m0/s1. The largest absolute Gasteiger partial charge is 0.493 e. The Hall–Kier alpha value is -2.69. The summed E-state index contributed by atoms with van der Waals surface area (Å²) in [6.45, 7) is 2.03. The molecule has 0 saturated heterocycles. The molecule has 0 spiro atoms. The van der Waals surface area contributed by atoms with Crippen LogP contribution in [0.25, 0.3) is 0 Å². The van der Waals surface area contributed by atoms with E-state index in [9.17, 15) is 4.79 Å². The first-order valence-corrected chi connectivity index (χ1v) is 7.69. The number of hydrogen-bond acceptors (Lipinski definition) is 5. The van der Waals surface area contributed by atoms with Crippen LogP contribution in [-0.2, 0) is 4.79 Å². The maximum absolute atomic E-state index is 12.1. The number of hydrogen-bond donors (Lipinski definition) is 0. The van der Waals surface area contributed by atoms with Crippen molar-refractivity contribution in [3.63, 3.8) is 0 Å². The molecule has 2 aromatic carbocycles. The first-order valence-electron chi connectivity index (χ1n) is 7.69. The average molecular weight is 328 g/mol. The van der Waals surface area contributed by atoms with Gasteiger partial charge in [0.2, 0.25) is 5.75 Å². The topological polar surface area (TPSA) is 54.0 Å². The monoisotopic (exact) mass is 328 g/mol. The number of fused-ring (bicyclic) bond motifs is 1. The van der Waals surface area contributed by atoms with Crippen LogP contribution in [0.2, 0.25) is 0 Å². The summed E-state index contributed by atoms with van der Waals surface area (Å²) in [6.07, 6.45) is 0.254. The van der Waals surface area contributed by atoms with Crippen molar-refractivity contribution in [3.05, 3.63) is 47.0 Å². The van der Waals surface area contributed by atoms with Crippen molar-refractivity contribution in [3.8, 4) is 23.0 Å². The van der Waals surface area contributed by atoms with Gasteiger partial charge in [-0.3, -0.25) is 4.79 Å². The highest BCUT2D eigenvalue weighted by molar-refractivity contribution is 5.80. The molecule has 0 saturated carbocycles. The molecule has 1 aliphatic heterocycles. The van der Waals surface area contributed by atoms with Gasteiger partial charge in [0.1, 0.15) is 5.75 Å². The van der Waals surface area contributed by atoms with E-state index in [2.05, 4.69) is 0 Å². The second-order valence-electron chi connectivity index (χ2n) is 5.64. The molecule has 1 atom stereocenters. The minimum absolute atomic E-state index is 0.155. The molecule has 0 fully saturated rings. The molecule has 0 aromatic heterocycles. The molecule has 0 unspecified atom stereocenters. The van der Waals surface area contributed by atoms with E-state index >= 15 is 0 Å². The van der Waals surface area contributed by atoms with E-state index in [0.29, 0.717) is 23.0 Å². The number of ether oxygens (including phenoxy) is 4. The average Bonchev–Trinajstić information content (AvgIpc) is 2.59. The third-order valence-electron chi connectivity index (χ3n) is 4.34. The Bertz CT molecular complexity index is 782. The van der Waals surface area contributed by atoms with E-state index in [1.165, 1.54) is 7.11 Å². The number of esters is 1. The van der Waals surface area contributed by atoms with Crippen LogP contribution in [0.3, 0.4) is 0 Å². The Morgan fingerprint density at radius 2 is 1.75 bits per heavy atom. The third-order valence-corrected chi connectivity index (χ3v) is 4.34. The quantitative estimate of drug-likeness (QED) is 0.635. The fourth-order valence-electron chi connectivity index (χ4n) is 3.25. The van der Waals surface area contributed by atoms with E-state index in [-0.39, 0.29) is 18.3 Å². The summed E-state index contributed by atoms with van der Waals surface area (Å²) in [5, 5.41) is 0. The van der Waals surface area contributed by atoms with Crippen LogP contribution in [0.1, 0.15) is 29.0 Å². The molecule has 24 heavy (non-hydrogen) atoms. The summed E-state index contributed by atoms with van der Waals surface area (Å²) in [5.74, 6) is 1.52. The van der Waals surface area contributed by atoms with Crippen molar-refractivity contribution in [2.45, 2.75) is 19.3 Å². The molecule has 1 heterocycles. The molecule has 126 valence electrons. The fraction of sp³-hybridized carbons (Fsp3) is 0.316. The first kappa shape index (κ1) is 16.2. The van der Waals surface area contributed by atoms with Gasteiger partial charge in [-0.1, -0.05) is 24.3 Å². The lowest BCUT2D eigenvalue weighted by molar-refractivity contribution is -0.135. The predicted molar refractivity (Wildman–Crippen MR) is 89.4 cm³/mol. The van der Waals surface area contributed by atoms with Gasteiger partial charge in [0, 0.05) is 17.5 Å². The van der Waals surface area contributed by atoms with Gasteiger partial charge in [-0.2, -0.15) is 0 Å². The van der Waals surface area contributed by atoms with Gasteiger partial charge in [0.05, 0.1) is 27.8 Å². The molecule has 3 rings (SSSR count). The summed E-state index contributed by atoms with van der Waals surface area (Å²) >= 11 is 0. The number of carbonyl (C=O) groups is 1. The number of rotatable bonds is 4. The Kier molecular flexibility index (Phi) is 4.34. The van der Waals surface area contributed by atoms with E-state index in [1.807, 2.05) is 31.2 Å². The van der Waals surface area contributed by atoms with Crippen LogP contribution in [0.5, 0.6) is 23.0 Å². The molecule has 2 aromatic rings. The summed E-state index contributed by atoms with van der Waals surface area (Å²) < 4.78 is 21.9. The molecule has 0 aliphatic carbocycles. The fourth-order valence-corrected chi connectivity index (χ4v) is 3.25. The Morgan fingerprint density at radius 1 is 1.04 bits per heavy atom. The van der Waals surface area contributed by atoms with Gasteiger partial charge in [-0.05, 0) is 18.1 Å². The van der Waals surface area contributed by atoms with Crippen LogP contribution in [0.4, 0.5) is 0 Å². The molecular formula is C19H20O5. The Labute approximate surface area is 141 Å². The highest BCUT2D eigenvalue weighted by atomic mass is 16.5. The van der Waals surface area contributed by atoms with Gasteiger partial charge in [-0.25, -0.2) is 0 Å². The SMILES string of the molecule is COc1cc2c(c(OC)c1OC)[C@H](c1ccccc1C)CC(=O)O2. The van der Waals surface area contributed by atoms with E-state index in [4.69, 9.17) is 18.9 Å². The van der Waals surface area contributed by atoms with Gasteiger partial charge >= 0.3 is 5.97 Å². The lowest BCUT2D eigenvalue weighted by atomic mass is 9.83. The summed E-state index contributed by atoms with van der Waals surface area (Å²) in [7, 11) is 4.67. The normalized spacial score (nSPS) is 16.2. The number of methoxy groups -OCH3 is 3. The van der Waals surface area contributed by atoms with E-state index in [1.54, 1.807) is 20.3 Å². The van der Waals surface area contributed by atoms with E-state index < -0.39 is 0 Å². The second kappa shape index (κ2) is 6.43. The van der Waals surface area contributed by atoms with Gasteiger partial charge in [-0.15, -0.1) is 0 Å². The number of aryl methyl sites for hydroxylation is 1. The van der Waals surface area contributed by atoms with Crippen molar-refractivity contribution >= 4 is 5.97 Å². The van der Waals surface area contributed by atoms with Crippen molar-refractivity contribution in [2.75, 3.05) is 21.3 Å². The van der Waals surface area contributed by atoms with Gasteiger partial charge < -0.3 is 18.9 Å². The van der Waals surface area contributed by atoms with Crippen LogP contribution >= 0.6 is 0 Å². The smallest absolute Gasteiger partial charge is 0.312 e. The molecular weight excluding hydrogens is 308 g/mol. The zero-order valence-electron chi connectivity index (χ0n) is 14.2. The maximum Gasteiger partial charge on any atom is 0.312 e. The predicted octanol–water partition coefficient (Wildman–Crippen LogP) is 3.46. The zero-order chi connectivity index (χ0) is 17.3. The zero-order valence-corrected chi connectivity index (χ0v) is 14.2. The van der Waals surface area contributed by atoms with Crippen molar-refractivity contribution in [1.29, 1.82) is 0 Å². The van der Waals surface area contributed by atoms with Crippen LogP contribution in [-0.4, -0.2) is 27.3 Å². The highest BCUT2D eigenvalue weighted by Gasteiger charge is 2.35. The molecule has 0 bridgehead atoms. The van der Waals surface area contributed by atoms with Crippen molar-refractivity contribution in [1.82, 2.24) is 0 Å². The second-order valence-corrected chi connectivity index (χ2v) is 5.64. The molecule has 0 N–H and O–H groups in total. The van der Waals surface area contributed by atoms with Crippen molar-refractivity contribution in [2.24, 2.45) is 0 Å². The van der Waals surface area contributed by atoms with Gasteiger partial charge in [0.25, 0.3) is 0 Å². The third kappa shape index (κ3) is 2.56. The molecule has 5 heteroatoms. The molecule has 0 radical (unpaired) electrons. The molecule has 0 amide bonds. The molecule has 1 aliphatic rings. The van der Waals surface area contributed by atoms with Gasteiger partial charge in [0.15, 0.2) is 11.5 Å². The Morgan fingerprint density at radius 3 is 2.38 bits per heavy atom. The maximum atomic E-state index is 12.1. The minimum atomic E-state index is -0.273. The highest BCUT2D eigenvalue weighted by Crippen LogP contribution is 2.52. The van der Waals surface area contributed by atoms with E-state index in [0.717, 1.165) is 16.7 Å². The van der Waals surface area contributed by atoms with Crippen molar-refractivity contribution < 1.29 is 23.7 Å². The summed E-state index contributed by atoms with van der Waals surface area (Å²) in [6, 6.07) is 9.68. The first-order chi connectivity index (χ1) is 11.6. The number of carbonyl (C=O) groups excluding carboxylic acids is 1.